The summed E-state index contributed by atoms with van der Waals surface area (Å²) in [5.41, 5.74) is 7.12. The first-order valence-corrected chi connectivity index (χ1v) is 11.0. The molecule has 0 bridgehead atoms. The van der Waals surface area contributed by atoms with Crippen molar-refractivity contribution in [2.24, 2.45) is 5.73 Å². The number of hydrogen-bond acceptors (Lipinski definition) is 8. The van der Waals surface area contributed by atoms with Crippen LogP contribution in [0.5, 0.6) is 23.0 Å². The monoisotopic (exact) mass is 480 g/mol. The number of carbonyl (C=O) groups excluding carboxylic acids is 3. The normalized spacial score (nSPS) is 15.5. The van der Waals surface area contributed by atoms with E-state index < -0.39 is 6.09 Å². The van der Waals surface area contributed by atoms with Crippen molar-refractivity contribution in [3.05, 3.63) is 59.7 Å². The highest BCUT2D eigenvalue weighted by molar-refractivity contribution is 6.10. The number of phenolic OH excluding ortho intramolecular Hbond substituents is 1. The van der Waals surface area contributed by atoms with E-state index >= 15 is 0 Å². The number of benzene rings is 2. The molecule has 1 fully saturated rings. The molecule has 9 nitrogen and oxygen atoms in total. The predicted molar refractivity (Wildman–Crippen MR) is 131 cm³/mol. The quantitative estimate of drug-likeness (QED) is 0.414. The molecule has 2 aromatic carbocycles. The van der Waals surface area contributed by atoms with E-state index in [2.05, 4.69) is 0 Å². The number of allylic oxidation sites excluding steroid dienone is 2. The third-order valence-corrected chi connectivity index (χ3v) is 5.34. The van der Waals surface area contributed by atoms with Crippen molar-refractivity contribution in [1.82, 2.24) is 4.90 Å². The van der Waals surface area contributed by atoms with E-state index in [9.17, 15) is 19.5 Å². The van der Waals surface area contributed by atoms with Crippen LogP contribution in [0.2, 0.25) is 0 Å². The summed E-state index contributed by atoms with van der Waals surface area (Å²) in [6.45, 7) is 0.989. The molecule has 9 heteroatoms. The summed E-state index contributed by atoms with van der Waals surface area (Å²) >= 11 is 0. The summed E-state index contributed by atoms with van der Waals surface area (Å²) in [6, 6.07) is 9.49. The van der Waals surface area contributed by atoms with Gasteiger partial charge in [-0.1, -0.05) is 24.3 Å². The Morgan fingerprint density at radius 3 is 2.14 bits per heavy atom. The molecule has 2 aromatic rings. The van der Waals surface area contributed by atoms with Crippen molar-refractivity contribution in [3.63, 3.8) is 0 Å². The number of nitrogens with zero attached hydrogens (tertiary/aromatic N) is 1. The van der Waals surface area contributed by atoms with Gasteiger partial charge in [0.2, 0.25) is 0 Å². The Balaban J connectivity index is 1.57. The summed E-state index contributed by atoms with van der Waals surface area (Å²) in [5.74, 6) is 0.133. The van der Waals surface area contributed by atoms with Crippen molar-refractivity contribution < 1.29 is 33.7 Å². The van der Waals surface area contributed by atoms with Gasteiger partial charge in [0, 0.05) is 19.1 Å². The van der Waals surface area contributed by atoms with E-state index in [1.165, 1.54) is 32.4 Å². The first-order chi connectivity index (χ1) is 16.8. The minimum absolute atomic E-state index is 0.00422. The van der Waals surface area contributed by atoms with Gasteiger partial charge < -0.3 is 30.0 Å². The molecule has 1 heterocycles. The van der Waals surface area contributed by atoms with Crippen LogP contribution in [0.15, 0.2) is 48.6 Å². The largest absolute Gasteiger partial charge is 0.504 e. The van der Waals surface area contributed by atoms with Gasteiger partial charge in [-0.15, -0.1) is 0 Å². The highest BCUT2D eigenvalue weighted by Crippen LogP contribution is 2.30. The molecule has 0 radical (unpaired) electrons. The van der Waals surface area contributed by atoms with E-state index in [1.54, 1.807) is 47.4 Å². The van der Waals surface area contributed by atoms with Gasteiger partial charge in [0.1, 0.15) is 0 Å². The number of likely N-dealkylation sites (tertiary alicyclic amines) is 1. The lowest BCUT2D eigenvalue weighted by atomic mass is 10.1. The van der Waals surface area contributed by atoms with Crippen molar-refractivity contribution in [1.29, 1.82) is 0 Å². The average Bonchev–Trinajstić information content (AvgIpc) is 3.29. The number of hydrogen-bond donors (Lipinski definition) is 2. The summed E-state index contributed by atoms with van der Waals surface area (Å²) in [7, 11) is 2.88. The average molecular weight is 481 g/mol. The number of rotatable bonds is 9. The minimum atomic E-state index is -0.493. The highest BCUT2D eigenvalue weighted by Gasteiger charge is 2.25. The molecular formula is C26H28N2O7. The Kier molecular flexibility index (Phi) is 8.63. The Morgan fingerprint density at radius 1 is 0.971 bits per heavy atom. The molecule has 1 amide bonds. The molecule has 3 N–H and O–H groups in total. The smallest absolute Gasteiger partial charge is 0.415 e. The first-order valence-electron chi connectivity index (χ1n) is 11.0. The molecule has 184 valence electrons. The predicted octanol–water partition coefficient (Wildman–Crippen LogP) is 3.20. The zero-order valence-corrected chi connectivity index (χ0v) is 19.6. The van der Waals surface area contributed by atoms with E-state index in [4.69, 9.17) is 19.9 Å². The van der Waals surface area contributed by atoms with Crippen LogP contribution < -0.4 is 19.9 Å². The summed E-state index contributed by atoms with van der Waals surface area (Å²) in [6.07, 6.45) is 5.64. The number of amides is 1. The Labute approximate surface area is 203 Å². The lowest BCUT2D eigenvalue weighted by Crippen LogP contribution is -2.34. The summed E-state index contributed by atoms with van der Waals surface area (Å²) < 4.78 is 15.8. The maximum absolute atomic E-state index is 12.3. The Morgan fingerprint density at radius 2 is 1.57 bits per heavy atom. The maximum atomic E-state index is 12.3. The second kappa shape index (κ2) is 11.8. The fourth-order valence-corrected chi connectivity index (χ4v) is 3.45. The zero-order chi connectivity index (χ0) is 25.4. The lowest BCUT2D eigenvalue weighted by Gasteiger charge is -2.16. The van der Waals surface area contributed by atoms with E-state index in [1.807, 2.05) is 0 Å². The van der Waals surface area contributed by atoms with Gasteiger partial charge in [-0.2, -0.15) is 0 Å². The van der Waals surface area contributed by atoms with Gasteiger partial charge in [-0.3, -0.25) is 9.59 Å². The van der Waals surface area contributed by atoms with Gasteiger partial charge in [0.15, 0.2) is 34.6 Å². The van der Waals surface area contributed by atoms with E-state index in [0.29, 0.717) is 30.0 Å². The fourth-order valence-electron chi connectivity index (χ4n) is 3.45. The zero-order valence-electron chi connectivity index (χ0n) is 19.6. The number of nitrogens with two attached hydrogens (primary N) is 1. The van der Waals surface area contributed by atoms with Gasteiger partial charge in [-0.05, 0) is 54.0 Å². The topological polar surface area (TPSA) is 128 Å². The molecule has 1 aliphatic heterocycles. The summed E-state index contributed by atoms with van der Waals surface area (Å²) in [4.78, 5) is 38.2. The Hall–Kier alpha value is -4.11. The number of ketones is 2. The maximum Gasteiger partial charge on any atom is 0.415 e. The van der Waals surface area contributed by atoms with Crippen LogP contribution in [0.4, 0.5) is 4.79 Å². The second-order valence-corrected chi connectivity index (χ2v) is 7.98. The van der Waals surface area contributed by atoms with E-state index in [0.717, 1.165) is 6.42 Å². The molecule has 0 aromatic heterocycles. The van der Waals surface area contributed by atoms with Gasteiger partial charge in [0.25, 0.3) is 0 Å². The molecule has 0 aliphatic carbocycles. The van der Waals surface area contributed by atoms with Crippen molar-refractivity contribution in [2.75, 3.05) is 27.3 Å². The first kappa shape index (κ1) is 25.5. The molecule has 35 heavy (non-hydrogen) atoms. The molecule has 0 spiro atoms. The third-order valence-electron chi connectivity index (χ3n) is 5.34. The number of ether oxygens (including phenoxy) is 3. The minimum Gasteiger partial charge on any atom is -0.504 e. The molecule has 3 rings (SSSR count). The van der Waals surface area contributed by atoms with Crippen molar-refractivity contribution in [2.45, 2.75) is 18.9 Å². The number of phenols is 1. The number of aromatic hydroxyl groups is 1. The van der Waals surface area contributed by atoms with E-state index in [-0.39, 0.29) is 41.3 Å². The lowest BCUT2D eigenvalue weighted by molar-refractivity contribution is -0.121. The standard InChI is InChI=1S/C26H28N2O7/c1-33-24-13-17(5-9-22(24)31)3-7-20(29)15-21(30)8-4-18-6-10-23(25(14-18)34-2)35-26(32)28-12-11-19(27)16-28/h3-10,13-14,19,31H,11-12,15-16,27H2,1-2H3/b7-3+,8-4+. The van der Waals surface area contributed by atoms with Gasteiger partial charge in [0.05, 0.1) is 20.6 Å². The highest BCUT2D eigenvalue weighted by atomic mass is 16.6. The van der Waals surface area contributed by atoms with Gasteiger partial charge in [-0.25, -0.2) is 4.79 Å². The summed E-state index contributed by atoms with van der Waals surface area (Å²) in [5, 5.41) is 9.62. The van der Waals surface area contributed by atoms with Crippen LogP contribution in [0.3, 0.4) is 0 Å². The van der Waals surface area contributed by atoms with Crippen LogP contribution in [0.25, 0.3) is 12.2 Å². The molecule has 1 unspecified atom stereocenters. The molecule has 0 saturated carbocycles. The van der Waals surface area contributed by atoms with Crippen molar-refractivity contribution >= 4 is 29.8 Å². The number of methoxy groups -OCH3 is 2. The van der Waals surface area contributed by atoms with Gasteiger partial charge >= 0.3 is 6.09 Å². The van der Waals surface area contributed by atoms with Crippen LogP contribution in [-0.4, -0.2) is 61.0 Å². The Bertz CT molecular complexity index is 1160. The molecule has 1 atom stereocenters. The molecule has 1 aliphatic rings. The van der Waals surface area contributed by atoms with Crippen LogP contribution in [0, 0.1) is 0 Å². The number of carbonyl (C=O) groups is 3. The second-order valence-electron chi connectivity index (χ2n) is 7.98. The van der Waals surface area contributed by atoms with Crippen LogP contribution in [0.1, 0.15) is 24.0 Å². The third kappa shape index (κ3) is 7.18. The fraction of sp³-hybridized carbons (Fsp3) is 0.269. The SMILES string of the molecule is COc1cc(/C=C/C(=O)CC(=O)/C=C/c2ccc(OC(=O)N3CCC(N)C3)c(OC)c2)ccc1O. The van der Waals surface area contributed by atoms with Crippen molar-refractivity contribution in [3.8, 4) is 23.0 Å². The van der Waals surface area contributed by atoms with Crippen LogP contribution >= 0.6 is 0 Å². The molecular weight excluding hydrogens is 452 g/mol. The van der Waals surface area contributed by atoms with Crippen LogP contribution in [-0.2, 0) is 9.59 Å². The molecule has 1 saturated heterocycles.